The van der Waals surface area contributed by atoms with Crippen LogP contribution in [0.2, 0.25) is 0 Å². The lowest BCUT2D eigenvalue weighted by Gasteiger charge is -2.10. The predicted molar refractivity (Wildman–Crippen MR) is 62.6 cm³/mol. The molecule has 2 nitrogen and oxygen atoms in total. The molecule has 0 aliphatic rings. The average molecular weight is 361 g/mol. The van der Waals surface area contributed by atoms with Crippen LogP contribution in [-0.2, 0) is 6.18 Å². The Morgan fingerprint density at radius 2 is 2.00 bits per heavy atom. The van der Waals surface area contributed by atoms with Crippen molar-refractivity contribution in [1.29, 1.82) is 0 Å². The van der Waals surface area contributed by atoms with Crippen LogP contribution in [0.4, 0.5) is 17.6 Å². The van der Waals surface area contributed by atoms with Gasteiger partial charge in [-0.2, -0.15) is 13.2 Å². The van der Waals surface area contributed by atoms with Gasteiger partial charge >= 0.3 is 6.18 Å². The molecule has 7 heteroatoms. The minimum Gasteiger partial charge on any atom is -0.351 e. The maximum absolute atomic E-state index is 13.5. The number of halogens is 5. The smallest absolute Gasteiger partial charge is 0.351 e. The van der Waals surface area contributed by atoms with Gasteiger partial charge in [0.15, 0.2) is 0 Å². The van der Waals surface area contributed by atoms with Crippen molar-refractivity contribution in [3.8, 4) is 0 Å². The summed E-state index contributed by atoms with van der Waals surface area (Å²) in [7, 11) is 0. The van der Waals surface area contributed by atoms with E-state index in [4.69, 9.17) is 0 Å². The Labute approximate surface area is 109 Å². The minimum absolute atomic E-state index is 0.273. The molecule has 0 unspecified atom stereocenters. The van der Waals surface area contributed by atoms with Gasteiger partial charge in [-0.05, 0) is 12.1 Å². The summed E-state index contributed by atoms with van der Waals surface area (Å²) in [5.41, 5.74) is -2.02. The molecule has 1 N–H and O–H groups in total. The average Bonchev–Trinajstić information content (AvgIpc) is 2.24. The van der Waals surface area contributed by atoms with Crippen LogP contribution in [-0.4, -0.2) is 16.9 Å². The van der Waals surface area contributed by atoms with Crippen molar-refractivity contribution in [3.05, 3.63) is 35.1 Å². The molecular weight excluding hydrogens is 353 g/mol. The summed E-state index contributed by atoms with van der Waals surface area (Å²) >= 11 is 1.98. The molecule has 1 aromatic carbocycles. The SMILES string of the molecule is O=C(NCCI)c1cccc(C(F)(F)F)c1F. The first-order valence-corrected chi connectivity index (χ1v) is 6.10. The van der Waals surface area contributed by atoms with E-state index in [1.807, 2.05) is 22.6 Å². The van der Waals surface area contributed by atoms with Crippen LogP contribution in [0.1, 0.15) is 15.9 Å². The molecule has 0 aliphatic heterocycles. The van der Waals surface area contributed by atoms with Crippen molar-refractivity contribution < 1.29 is 22.4 Å². The number of benzene rings is 1. The van der Waals surface area contributed by atoms with Gasteiger partial charge in [-0.1, -0.05) is 28.7 Å². The summed E-state index contributed by atoms with van der Waals surface area (Å²) < 4.78 is 51.2. The lowest BCUT2D eigenvalue weighted by atomic mass is 10.1. The third-order valence-electron chi connectivity index (χ3n) is 1.93. The quantitative estimate of drug-likeness (QED) is 0.501. The van der Waals surface area contributed by atoms with E-state index in [2.05, 4.69) is 5.32 Å². The van der Waals surface area contributed by atoms with E-state index >= 15 is 0 Å². The highest BCUT2D eigenvalue weighted by atomic mass is 127. The van der Waals surface area contributed by atoms with E-state index < -0.39 is 29.0 Å². The van der Waals surface area contributed by atoms with Gasteiger partial charge in [0.2, 0.25) is 0 Å². The normalized spacial score (nSPS) is 11.4. The Bertz CT molecular complexity index is 419. The van der Waals surface area contributed by atoms with E-state index in [1.165, 1.54) is 0 Å². The molecule has 17 heavy (non-hydrogen) atoms. The van der Waals surface area contributed by atoms with Crippen LogP contribution in [0.25, 0.3) is 0 Å². The number of alkyl halides is 4. The summed E-state index contributed by atoms with van der Waals surface area (Å²) in [5, 5.41) is 2.31. The van der Waals surface area contributed by atoms with E-state index in [0.29, 0.717) is 10.5 Å². The van der Waals surface area contributed by atoms with Crippen LogP contribution in [0.3, 0.4) is 0 Å². The molecule has 0 fully saturated rings. The highest BCUT2D eigenvalue weighted by Gasteiger charge is 2.35. The highest BCUT2D eigenvalue weighted by molar-refractivity contribution is 14.1. The second kappa shape index (κ2) is 5.65. The molecular formula is C10H8F4INO. The van der Waals surface area contributed by atoms with Gasteiger partial charge in [0.25, 0.3) is 5.91 Å². The number of amides is 1. The van der Waals surface area contributed by atoms with Crippen LogP contribution >= 0.6 is 22.6 Å². The Balaban J connectivity index is 3.06. The molecule has 94 valence electrons. The van der Waals surface area contributed by atoms with Gasteiger partial charge in [-0.3, -0.25) is 4.79 Å². The molecule has 1 rings (SSSR count). The number of carbonyl (C=O) groups excluding carboxylic acids is 1. The van der Waals surface area contributed by atoms with Crippen LogP contribution in [0.15, 0.2) is 18.2 Å². The van der Waals surface area contributed by atoms with Crippen molar-refractivity contribution >= 4 is 28.5 Å². The van der Waals surface area contributed by atoms with Crippen LogP contribution in [0, 0.1) is 5.82 Å². The standard InChI is InChI=1S/C10H8F4INO/c11-8-6(9(17)16-5-4-15)2-1-3-7(8)10(12,13)14/h1-3H,4-5H2,(H,16,17). The number of hydrogen-bond acceptors (Lipinski definition) is 1. The van der Waals surface area contributed by atoms with Gasteiger partial charge in [0.1, 0.15) is 5.82 Å². The van der Waals surface area contributed by atoms with Gasteiger partial charge in [0.05, 0.1) is 11.1 Å². The van der Waals surface area contributed by atoms with Gasteiger partial charge in [-0.25, -0.2) is 4.39 Å². The van der Waals surface area contributed by atoms with Gasteiger partial charge in [0, 0.05) is 11.0 Å². The van der Waals surface area contributed by atoms with Gasteiger partial charge in [-0.15, -0.1) is 0 Å². The van der Waals surface area contributed by atoms with Crippen molar-refractivity contribution in [1.82, 2.24) is 5.32 Å². The Morgan fingerprint density at radius 3 is 2.53 bits per heavy atom. The zero-order valence-electron chi connectivity index (χ0n) is 8.44. The highest BCUT2D eigenvalue weighted by Crippen LogP contribution is 2.32. The minimum atomic E-state index is -4.80. The maximum atomic E-state index is 13.5. The molecule has 0 heterocycles. The number of nitrogens with one attached hydrogen (secondary N) is 1. The Morgan fingerprint density at radius 1 is 1.35 bits per heavy atom. The predicted octanol–water partition coefficient (Wildman–Crippen LogP) is 3.01. The molecule has 0 bridgehead atoms. The number of rotatable bonds is 3. The molecule has 0 radical (unpaired) electrons. The van der Waals surface area contributed by atoms with Crippen LogP contribution in [0.5, 0.6) is 0 Å². The summed E-state index contributed by atoms with van der Waals surface area (Å²) in [5.74, 6) is -2.38. The molecule has 0 saturated heterocycles. The third-order valence-corrected chi connectivity index (χ3v) is 2.47. The van der Waals surface area contributed by atoms with Crippen molar-refractivity contribution in [2.45, 2.75) is 6.18 Å². The van der Waals surface area contributed by atoms with E-state index in [0.717, 1.165) is 12.1 Å². The first kappa shape index (κ1) is 14.2. The second-order valence-electron chi connectivity index (χ2n) is 3.11. The van der Waals surface area contributed by atoms with Crippen LogP contribution < -0.4 is 5.32 Å². The summed E-state index contributed by atoms with van der Waals surface area (Å²) in [4.78, 5) is 11.4. The van der Waals surface area contributed by atoms with Crippen molar-refractivity contribution in [2.24, 2.45) is 0 Å². The van der Waals surface area contributed by atoms with E-state index in [-0.39, 0.29) is 6.54 Å². The topological polar surface area (TPSA) is 29.1 Å². The maximum Gasteiger partial charge on any atom is 0.419 e. The zero-order valence-corrected chi connectivity index (χ0v) is 10.6. The van der Waals surface area contributed by atoms with Crippen molar-refractivity contribution in [2.75, 3.05) is 11.0 Å². The largest absolute Gasteiger partial charge is 0.419 e. The van der Waals surface area contributed by atoms with E-state index in [1.54, 1.807) is 0 Å². The summed E-state index contributed by atoms with van der Waals surface area (Å²) in [6.45, 7) is 0.273. The lowest BCUT2D eigenvalue weighted by molar-refractivity contribution is -0.140. The Kier molecular flexibility index (Phi) is 4.72. The fourth-order valence-corrected chi connectivity index (χ4v) is 1.45. The number of hydrogen-bond donors (Lipinski definition) is 1. The third kappa shape index (κ3) is 3.55. The molecule has 0 atom stereocenters. The molecule has 0 saturated carbocycles. The zero-order chi connectivity index (χ0) is 13.1. The van der Waals surface area contributed by atoms with Crippen molar-refractivity contribution in [3.63, 3.8) is 0 Å². The van der Waals surface area contributed by atoms with Gasteiger partial charge < -0.3 is 5.32 Å². The summed E-state index contributed by atoms with van der Waals surface area (Å²) in [6, 6.07) is 2.63. The molecule has 0 spiro atoms. The monoisotopic (exact) mass is 361 g/mol. The second-order valence-corrected chi connectivity index (χ2v) is 4.19. The van der Waals surface area contributed by atoms with E-state index in [9.17, 15) is 22.4 Å². The molecule has 0 aliphatic carbocycles. The Hall–Kier alpha value is -0.860. The fraction of sp³-hybridized carbons (Fsp3) is 0.300. The first-order chi connectivity index (χ1) is 7.88. The molecule has 1 amide bonds. The summed E-state index contributed by atoms with van der Waals surface area (Å²) in [6.07, 6.45) is -4.80. The first-order valence-electron chi connectivity index (χ1n) is 4.57. The molecule has 1 aromatic rings. The lowest BCUT2D eigenvalue weighted by Crippen LogP contribution is -2.27. The fourth-order valence-electron chi connectivity index (χ4n) is 1.18. The molecule has 0 aromatic heterocycles. The number of carbonyl (C=O) groups is 1.